The van der Waals surface area contributed by atoms with Crippen molar-refractivity contribution in [2.45, 2.75) is 12.8 Å². The number of hydrogen-bond donors (Lipinski definition) is 1. The van der Waals surface area contributed by atoms with Crippen molar-refractivity contribution in [2.24, 2.45) is 0 Å². The number of oxazole rings is 1. The van der Waals surface area contributed by atoms with Crippen LogP contribution in [0.3, 0.4) is 0 Å². The van der Waals surface area contributed by atoms with Crippen molar-refractivity contribution in [3.63, 3.8) is 0 Å². The van der Waals surface area contributed by atoms with Crippen molar-refractivity contribution in [2.75, 3.05) is 19.5 Å². The Balaban J connectivity index is 1.58. The van der Waals surface area contributed by atoms with Crippen LogP contribution in [0.25, 0.3) is 11.3 Å². The average Bonchev–Trinajstić information content (AvgIpc) is 3.16. The number of amides is 1. The molecule has 0 atom stereocenters. The molecule has 26 heavy (non-hydrogen) atoms. The molecular weight excluding hydrogens is 332 g/mol. The lowest BCUT2D eigenvalue weighted by atomic mass is 10.2. The van der Waals surface area contributed by atoms with Gasteiger partial charge in [-0.15, -0.1) is 0 Å². The lowest BCUT2D eigenvalue weighted by molar-refractivity contribution is -0.116. The summed E-state index contributed by atoms with van der Waals surface area (Å²) in [6.07, 6.45) is 2.35. The van der Waals surface area contributed by atoms with Crippen molar-refractivity contribution in [3.8, 4) is 22.8 Å². The van der Waals surface area contributed by atoms with Gasteiger partial charge in [-0.25, -0.2) is 4.98 Å². The number of nitrogens with zero attached hydrogens (tertiary/aromatic N) is 1. The zero-order chi connectivity index (χ0) is 18.4. The molecule has 1 N–H and O–H groups in total. The SMILES string of the molecule is COc1cccc(NC(=O)CCc2ncc(-c3cccc(OC)c3)o2)c1. The van der Waals surface area contributed by atoms with Gasteiger partial charge in [-0.2, -0.15) is 0 Å². The van der Waals surface area contributed by atoms with Crippen LogP contribution in [-0.4, -0.2) is 25.1 Å². The summed E-state index contributed by atoms with van der Waals surface area (Å²) in [5.74, 6) is 2.49. The van der Waals surface area contributed by atoms with Gasteiger partial charge in [-0.05, 0) is 24.3 Å². The number of ether oxygens (including phenoxy) is 2. The van der Waals surface area contributed by atoms with Crippen LogP contribution in [0.4, 0.5) is 5.69 Å². The summed E-state index contributed by atoms with van der Waals surface area (Å²) in [4.78, 5) is 16.4. The Labute approximate surface area is 151 Å². The highest BCUT2D eigenvalue weighted by atomic mass is 16.5. The van der Waals surface area contributed by atoms with E-state index >= 15 is 0 Å². The van der Waals surface area contributed by atoms with Crippen LogP contribution in [0.1, 0.15) is 12.3 Å². The van der Waals surface area contributed by atoms with Gasteiger partial charge in [0.15, 0.2) is 11.7 Å². The number of hydrogen-bond acceptors (Lipinski definition) is 5. The first-order valence-corrected chi connectivity index (χ1v) is 8.21. The second-order valence-electron chi connectivity index (χ2n) is 5.63. The Morgan fingerprint density at radius 1 is 1.08 bits per heavy atom. The predicted octanol–water partition coefficient (Wildman–Crippen LogP) is 3.93. The Bertz CT molecular complexity index is 889. The van der Waals surface area contributed by atoms with E-state index in [2.05, 4.69) is 10.3 Å². The number of benzene rings is 2. The highest BCUT2D eigenvalue weighted by Gasteiger charge is 2.10. The Morgan fingerprint density at radius 3 is 2.58 bits per heavy atom. The number of methoxy groups -OCH3 is 2. The Morgan fingerprint density at radius 2 is 1.81 bits per heavy atom. The molecule has 0 fully saturated rings. The fraction of sp³-hybridized carbons (Fsp3) is 0.200. The van der Waals surface area contributed by atoms with E-state index < -0.39 is 0 Å². The quantitative estimate of drug-likeness (QED) is 0.697. The number of nitrogens with one attached hydrogen (secondary N) is 1. The molecule has 1 amide bonds. The minimum absolute atomic E-state index is 0.112. The molecule has 0 unspecified atom stereocenters. The van der Waals surface area contributed by atoms with Gasteiger partial charge in [-0.1, -0.05) is 18.2 Å². The summed E-state index contributed by atoms with van der Waals surface area (Å²) in [5, 5.41) is 2.84. The topological polar surface area (TPSA) is 73.6 Å². The van der Waals surface area contributed by atoms with Crippen molar-refractivity contribution >= 4 is 11.6 Å². The molecule has 0 spiro atoms. The van der Waals surface area contributed by atoms with Gasteiger partial charge < -0.3 is 19.2 Å². The van der Waals surface area contributed by atoms with E-state index in [-0.39, 0.29) is 12.3 Å². The molecule has 6 heteroatoms. The molecule has 0 aliphatic carbocycles. The van der Waals surface area contributed by atoms with Crippen molar-refractivity contribution in [3.05, 3.63) is 60.6 Å². The maximum absolute atomic E-state index is 12.1. The van der Waals surface area contributed by atoms with Crippen LogP contribution in [0.5, 0.6) is 11.5 Å². The lowest BCUT2D eigenvalue weighted by Gasteiger charge is -2.06. The number of aromatic nitrogens is 1. The molecule has 2 aromatic carbocycles. The average molecular weight is 352 g/mol. The molecule has 0 saturated carbocycles. The molecule has 6 nitrogen and oxygen atoms in total. The van der Waals surface area contributed by atoms with Gasteiger partial charge in [-0.3, -0.25) is 4.79 Å². The maximum atomic E-state index is 12.1. The molecule has 3 aromatic rings. The third-order valence-corrected chi connectivity index (χ3v) is 3.83. The molecular formula is C20H20N2O4. The Kier molecular flexibility index (Phi) is 5.53. The van der Waals surface area contributed by atoms with E-state index in [0.29, 0.717) is 29.5 Å². The normalized spacial score (nSPS) is 10.4. The maximum Gasteiger partial charge on any atom is 0.224 e. The smallest absolute Gasteiger partial charge is 0.224 e. The standard InChI is InChI=1S/C20H20N2O4/c1-24-16-7-3-5-14(11-16)18-13-21-20(26-18)10-9-19(23)22-15-6-4-8-17(12-15)25-2/h3-8,11-13H,9-10H2,1-2H3,(H,22,23). The highest BCUT2D eigenvalue weighted by Crippen LogP contribution is 2.25. The molecule has 1 heterocycles. The first-order valence-electron chi connectivity index (χ1n) is 8.21. The van der Waals surface area contributed by atoms with Gasteiger partial charge in [0, 0.05) is 30.2 Å². The monoisotopic (exact) mass is 352 g/mol. The van der Waals surface area contributed by atoms with E-state index in [1.54, 1.807) is 26.5 Å². The molecule has 134 valence electrons. The van der Waals surface area contributed by atoms with E-state index in [4.69, 9.17) is 13.9 Å². The van der Waals surface area contributed by atoms with Crippen LogP contribution < -0.4 is 14.8 Å². The van der Waals surface area contributed by atoms with Gasteiger partial charge in [0.1, 0.15) is 11.5 Å². The minimum atomic E-state index is -0.112. The summed E-state index contributed by atoms with van der Waals surface area (Å²) >= 11 is 0. The van der Waals surface area contributed by atoms with Gasteiger partial charge in [0.2, 0.25) is 5.91 Å². The predicted molar refractivity (Wildman–Crippen MR) is 98.4 cm³/mol. The largest absolute Gasteiger partial charge is 0.497 e. The number of aryl methyl sites for hydroxylation is 1. The van der Waals surface area contributed by atoms with E-state index in [9.17, 15) is 4.79 Å². The van der Waals surface area contributed by atoms with Crippen molar-refractivity contribution < 1.29 is 18.7 Å². The summed E-state index contributed by atoms with van der Waals surface area (Å²) in [6.45, 7) is 0. The molecule has 1 aromatic heterocycles. The van der Waals surface area contributed by atoms with Crippen molar-refractivity contribution in [1.29, 1.82) is 0 Å². The molecule has 0 saturated heterocycles. The Hall–Kier alpha value is -3.28. The van der Waals surface area contributed by atoms with E-state index in [1.807, 2.05) is 42.5 Å². The summed E-state index contributed by atoms with van der Waals surface area (Å²) in [6, 6.07) is 14.8. The summed E-state index contributed by atoms with van der Waals surface area (Å²) in [7, 11) is 3.20. The van der Waals surface area contributed by atoms with Crippen LogP contribution in [0.15, 0.2) is 59.1 Å². The van der Waals surface area contributed by atoms with Crippen LogP contribution in [0, 0.1) is 0 Å². The van der Waals surface area contributed by atoms with Crippen LogP contribution >= 0.6 is 0 Å². The van der Waals surface area contributed by atoms with Crippen molar-refractivity contribution in [1.82, 2.24) is 4.98 Å². The second-order valence-corrected chi connectivity index (χ2v) is 5.63. The fourth-order valence-corrected chi connectivity index (χ4v) is 2.48. The highest BCUT2D eigenvalue weighted by molar-refractivity contribution is 5.90. The molecule has 0 radical (unpaired) electrons. The van der Waals surface area contributed by atoms with E-state index in [1.165, 1.54) is 0 Å². The zero-order valence-corrected chi connectivity index (χ0v) is 14.7. The summed E-state index contributed by atoms with van der Waals surface area (Å²) in [5.41, 5.74) is 1.57. The van der Waals surface area contributed by atoms with Gasteiger partial charge in [0.25, 0.3) is 0 Å². The zero-order valence-electron chi connectivity index (χ0n) is 14.7. The van der Waals surface area contributed by atoms with Gasteiger partial charge in [0.05, 0.1) is 20.4 Å². The molecule has 0 aliphatic rings. The second kappa shape index (κ2) is 8.20. The van der Waals surface area contributed by atoms with E-state index in [0.717, 1.165) is 11.3 Å². The molecule has 0 bridgehead atoms. The fourth-order valence-electron chi connectivity index (χ4n) is 2.48. The summed E-state index contributed by atoms with van der Waals surface area (Å²) < 4.78 is 16.1. The van der Waals surface area contributed by atoms with Gasteiger partial charge >= 0.3 is 0 Å². The van der Waals surface area contributed by atoms with Crippen LogP contribution in [-0.2, 0) is 11.2 Å². The number of anilines is 1. The lowest BCUT2D eigenvalue weighted by Crippen LogP contribution is -2.12. The first kappa shape index (κ1) is 17.5. The number of carbonyl (C=O) groups excluding carboxylic acids is 1. The molecule has 0 aliphatic heterocycles. The minimum Gasteiger partial charge on any atom is -0.497 e. The van der Waals surface area contributed by atoms with Crippen LogP contribution in [0.2, 0.25) is 0 Å². The first-order chi connectivity index (χ1) is 12.7. The third kappa shape index (κ3) is 4.42. The molecule has 3 rings (SSSR count). The number of carbonyl (C=O) groups is 1. The number of rotatable bonds is 7. The third-order valence-electron chi connectivity index (χ3n) is 3.83.